The number of aromatic nitrogens is 1. The summed E-state index contributed by atoms with van der Waals surface area (Å²) in [6.45, 7) is -0.523. The van der Waals surface area contributed by atoms with Crippen molar-refractivity contribution in [2.45, 2.75) is 30.7 Å². The van der Waals surface area contributed by atoms with E-state index >= 15 is 0 Å². The van der Waals surface area contributed by atoms with Gasteiger partial charge in [-0.05, 0) is 28.1 Å². The Bertz CT molecular complexity index is 708. The lowest BCUT2D eigenvalue weighted by Crippen LogP contribution is -2.60. The zero-order chi connectivity index (χ0) is 16.7. The zero-order valence-electron chi connectivity index (χ0n) is 11.7. The standard InChI is InChI=1S/C14H15BrClNO6/c15-5-1-2-6-9(10(5)16)7(3-17-6)22-14-13(21)12(20)11(19)8(4-18)23-14/h1-3,8,11-14,17-21H,4H2/t8-,11+,12+,13-,14+/m1/s1. The van der Waals surface area contributed by atoms with Crippen molar-refractivity contribution < 1.29 is 29.9 Å². The number of H-pyrrole nitrogens is 1. The minimum atomic E-state index is -1.50. The van der Waals surface area contributed by atoms with Gasteiger partial charge in [-0.25, -0.2) is 0 Å². The fourth-order valence-corrected chi connectivity index (χ4v) is 3.10. The largest absolute Gasteiger partial charge is 0.460 e. The summed E-state index contributed by atoms with van der Waals surface area (Å²) in [6.07, 6.45) is -5.17. The molecule has 7 nitrogen and oxygen atoms in total. The first kappa shape index (κ1) is 17.0. The van der Waals surface area contributed by atoms with Gasteiger partial charge in [-0.1, -0.05) is 11.6 Å². The Hall–Kier alpha value is -0.870. The van der Waals surface area contributed by atoms with Gasteiger partial charge in [0.25, 0.3) is 0 Å². The summed E-state index contributed by atoms with van der Waals surface area (Å²) in [4.78, 5) is 2.98. The number of aromatic amines is 1. The highest BCUT2D eigenvalue weighted by molar-refractivity contribution is 9.10. The maximum atomic E-state index is 10.0. The molecule has 9 heteroatoms. The van der Waals surface area contributed by atoms with Crippen molar-refractivity contribution in [3.05, 3.63) is 27.8 Å². The van der Waals surface area contributed by atoms with Gasteiger partial charge in [0.1, 0.15) is 30.2 Å². The summed E-state index contributed by atoms with van der Waals surface area (Å²) >= 11 is 9.58. The van der Waals surface area contributed by atoms with Crippen molar-refractivity contribution in [3.8, 4) is 5.75 Å². The number of ether oxygens (including phenoxy) is 2. The van der Waals surface area contributed by atoms with E-state index in [-0.39, 0.29) is 0 Å². The second-order valence-corrected chi connectivity index (χ2v) is 6.48. The lowest BCUT2D eigenvalue weighted by molar-refractivity contribution is -0.277. The topological polar surface area (TPSA) is 115 Å². The zero-order valence-corrected chi connectivity index (χ0v) is 14.0. The number of hydrogen-bond acceptors (Lipinski definition) is 6. The quantitative estimate of drug-likeness (QED) is 0.512. The fourth-order valence-electron chi connectivity index (χ4n) is 2.51. The third-order valence-electron chi connectivity index (χ3n) is 3.79. The molecule has 2 aromatic rings. The average molecular weight is 409 g/mol. The molecule has 23 heavy (non-hydrogen) atoms. The number of benzene rings is 1. The van der Waals surface area contributed by atoms with Crippen LogP contribution in [0.2, 0.25) is 5.02 Å². The molecule has 2 heterocycles. The summed E-state index contributed by atoms with van der Waals surface area (Å²) in [5, 5.41) is 39.8. The van der Waals surface area contributed by atoms with Gasteiger partial charge in [0.2, 0.25) is 6.29 Å². The number of rotatable bonds is 3. The van der Waals surface area contributed by atoms with Crippen LogP contribution in [0.3, 0.4) is 0 Å². The second kappa shape index (κ2) is 6.56. The van der Waals surface area contributed by atoms with Crippen molar-refractivity contribution in [2.24, 2.45) is 0 Å². The van der Waals surface area contributed by atoms with Crippen LogP contribution >= 0.6 is 27.5 Å². The van der Waals surface area contributed by atoms with Gasteiger partial charge >= 0.3 is 0 Å². The summed E-state index contributed by atoms with van der Waals surface area (Å²) in [6, 6.07) is 3.57. The van der Waals surface area contributed by atoms with E-state index in [9.17, 15) is 20.4 Å². The first-order valence-corrected chi connectivity index (χ1v) is 8.03. The third kappa shape index (κ3) is 2.96. The van der Waals surface area contributed by atoms with Gasteiger partial charge in [0.05, 0.1) is 22.5 Å². The molecule has 5 N–H and O–H groups in total. The monoisotopic (exact) mass is 407 g/mol. The van der Waals surface area contributed by atoms with E-state index in [0.717, 1.165) is 5.52 Å². The number of aliphatic hydroxyl groups is 4. The minimum absolute atomic E-state index is 0.315. The maximum Gasteiger partial charge on any atom is 0.229 e. The molecule has 126 valence electrons. The van der Waals surface area contributed by atoms with Gasteiger partial charge in [0.15, 0.2) is 0 Å². The number of hydrogen-bond donors (Lipinski definition) is 5. The van der Waals surface area contributed by atoms with E-state index in [1.165, 1.54) is 0 Å². The van der Waals surface area contributed by atoms with Crippen LogP contribution in [0.5, 0.6) is 5.75 Å². The number of halogens is 2. The Balaban J connectivity index is 1.91. The normalized spacial score (nSPS) is 31.5. The van der Waals surface area contributed by atoms with Crippen LogP contribution in [-0.4, -0.2) is 62.7 Å². The molecule has 1 saturated heterocycles. The molecule has 0 aliphatic carbocycles. The van der Waals surface area contributed by atoms with Crippen LogP contribution in [-0.2, 0) is 4.74 Å². The second-order valence-electron chi connectivity index (χ2n) is 5.25. The molecule has 5 atom stereocenters. The highest BCUT2D eigenvalue weighted by Crippen LogP contribution is 2.38. The van der Waals surface area contributed by atoms with Crippen molar-refractivity contribution in [1.29, 1.82) is 0 Å². The Kier molecular flexibility index (Phi) is 4.84. The van der Waals surface area contributed by atoms with Crippen molar-refractivity contribution in [3.63, 3.8) is 0 Å². The smallest absolute Gasteiger partial charge is 0.229 e. The first-order chi connectivity index (χ1) is 10.9. The molecule has 1 aromatic carbocycles. The molecule has 1 aromatic heterocycles. The molecule has 0 radical (unpaired) electrons. The lowest BCUT2D eigenvalue weighted by atomic mass is 9.99. The van der Waals surface area contributed by atoms with E-state index in [4.69, 9.17) is 21.1 Å². The van der Waals surface area contributed by atoms with Gasteiger partial charge in [-0.3, -0.25) is 0 Å². The molecule has 0 unspecified atom stereocenters. The van der Waals surface area contributed by atoms with Crippen LogP contribution in [0, 0.1) is 0 Å². The lowest BCUT2D eigenvalue weighted by Gasteiger charge is -2.39. The van der Waals surface area contributed by atoms with Gasteiger partial charge < -0.3 is 34.9 Å². The molecular formula is C14H15BrClNO6. The number of fused-ring (bicyclic) bond motifs is 1. The molecular weight excluding hydrogens is 394 g/mol. The van der Waals surface area contributed by atoms with Crippen LogP contribution < -0.4 is 4.74 Å². The molecule has 1 aliphatic heterocycles. The molecule has 0 amide bonds. The van der Waals surface area contributed by atoms with Gasteiger partial charge in [-0.2, -0.15) is 0 Å². The minimum Gasteiger partial charge on any atom is -0.460 e. The molecule has 0 bridgehead atoms. The van der Waals surface area contributed by atoms with Crippen LogP contribution in [0.1, 0.15) is 0 Å². The highest BCUT2D eigenvalue weighted by Gasteiger charge is 2.44. The van der Waals surface area contributed by atoms with E-state index < -0.39 is 37.3 Å². The maximum absolute atomic E-state index is 10.0. The van der Waals surface area contributed by atoms with E-state index in [0.29, 0.717) is 20.6 Å². The third-order valence-corrected chi connectivity index (χ3v) is 5.07. The molecule has 1 aliphatic rings. The van der Waals surface area contributed by atoms with E-state index in [2.05, 4.69) is 20.9 Å². The Labute approximate surface area is 144 Å². The average Bonchev–Trinajstić information content (AvgIpc) is 2.95. The summed E-state index contributed by atoms with van der Waals surface area (Å²) in [5.41, 5.74) is 0.720. The molecule has 3 rings (SSSR count). The SMILES string of the molecule is OC[C@H]1O[C@H](Oc2c[nH]c3ccc(Br)c(Cl)c23)[C@H](O)[C@@H](O)[C@H]1O. The van der Waals surface area contributed by atoms with Crippen molar-refractivity contribution in [1.82, 2.24) is 4.98 Å². The molecule has 1 fully saturated rings. The number of nitrogens with one attached hydrogen (secondary N) is 1. The van der Waals surface area contributed by atoms with Crippen LogP contribution in [0.4, 0.5) is 0 Å². The van der Waals surface area contributed by atoms with E-state index in [1.807, 2.05) is 0 Å². The van der Waals surface area contributed by atoms with Crippen molar-refractivity contribution in [2.75, 3.05) is 6.61 Å². The van der Waals surface area contributed by atoms with Crippen LogP contribution in [0.15, 0.2) is 22.8 Å². The predicted octanol–water partition coefficient (Wildman–Crippen LogP) is 0.762. The Morgan fingerprint density at radius 1 is 1.22 bits per heavy atom. The summed E-state index contributed by atoms with van der Waals surface area (Å²) < 4.78 is 11.6. The Morgan fingerprint density at radius 3 is 2.65 bits per heavy atom. The van der Waals surface area contributed by atoms with Crippen LogP contribution in [0.25, 0.3) is 10.9 Å². The summed E-state index contributed by atoms with van der Waals surface area (Å²) in [5.74, 6) is 0.315. The van der Waals surface area contributed by atoms with Gasteiger partial charge in [0, 0.05) is 10.7 Å². The number of aliphatic hydroxyl groups excluding tert-OH is 4. The fraction of sp³-hybridized carbons (Fsp3) is 0.429. The van der Waals surface area contributed by atoms with E-state index in [1.54, 1.807) is 18.3 Å². The Morgan fingerprint density at radius 2 is 1.96 bits per heavy atom. The predicted molar refractivity (Wildman–Crippen MR) is 85.4 cm³/mol. The van der Waals surface area contributed by atoms with Crippen molar-refractivity contribution >= 4 is 38.4 Å². The highest BCUT2D eigenvalue weighted by atomic mass is 79.9. The molecule has 0 spiro atoms. The summed E-state index contributed by atoms with van der Waals surface area (Å²) in [7, 11) is 0. The molecule has 0 saturated carbocycles. The van der Waals surface area contributed by atoms with Gasteiger partial charge in [-0.15, -0.1) is 0 Å². The first-order valence-electron chi connectivity index (χ1n) is 6.86.